The number of ether oxygens (including phenoxy) is 3. The standard InChI is InChI=1S/C35H34O4/c36-19-20-37-31-22-32(23-31)39-29-14-11-27(12-15-29)35-33(26-9-5-2-6-10-26)17-13-28-21-30(16-18-34(28)35)38-24-25-7-3-1-4-8-25/h1-12,14-16,18-19,21,31-33,35H,13,17,20,22-24H2/t31?,32?,33-,35+/m1/s1. The predicted molar refractivity (Wildman–Crippen MR) is 152 cm³/mol. The SMILES string of the molecule is O=CCOC1CC(Oc2ccc([C@@H]3c4ccc(OCc5ccccc5)cc4CC[C@@H]3c3ccccc3)cc2)C1. The van der Waals surface area contributed by atoms with Crippen LogP contribution in [0.1, 0.15) is 58.9 Å². The number of fused-ring (bicyclic) bond motifs is 1. The second kappa shape index (κ2) is 11.9. The zero-order chi connectivity index (χ0) is 26.4. The van der Waals surface area contributed by atoms with Gasteiger partial charge in [0.1, 0.15) is 37.1 Å². The van der Waals surface area contributed by atoms with Crippen molar-refractivity contribution in [3.63, 3.8) is 0 Å². The molecule has 4 aromatic rings. The molecule has 0 aromatic heterocycles. The van der Waals surface area contributed by atoms with Gasteiger partial charge in [0.25, 0.3) is 0 Å². The molecule has 4 nitrogen and oxygen atoms in total. The van der Waals surface area contributed by atoms with E-state index >= 15 is 0 Å². The van der Waals surface area contributed by atoms with Gasteiger partial charge in [0.05, 0.1) is 6.10 Å². The number of aldehydes is 1. The lowest BCUT2D eigenvalue weighted by molar-refractivity contribution is -0.119. The van der Waals surface area contributed by atoms with Crippen molar-refractivity contribution in [2.45, 2.75) is 56.3 Å². The average Bonchev–Trinajstić information content (AvgIpc) is 2.98. The van der Waals surface area contributed by atoms with E-state index in [9.17, 15) is 4.79 Å². The van der Waals surface area contributed by atoms with Crippen molar-refractivity contribution in [2.75, 3.05) is 6.61 Å². The van der Waals surface area contributed by atoms with Gasteiger partial charge < -0.3 is 19.0 Å². The Balaban J connectivity index is 1.21. The maximum atomic E-state index is 10.5. The van der Waals surface area contributed by atoms with Gasteiger partial charge in [-0.15, -0.1) is 0 Å². The van der Waals surface area contributed by atoms with E-state index < -0.39 is 0 Å². The first-order chi connectivity index (χ1) is 19.3. The third kappa shape index (κ3) is 5.91. The average molecular weight is 519 g/mol. The number of aryl methyl sites for hydroxylation is 1. The van der Waals surface area contributed by atoms with E-state index in [4.69, 9.17) is 14.2 Å². The van der Waals surface area contributed by atoms with Crippen LogP contribution in [0.2, 0.25) is 0 Å². The minimum absolute atomic E-state index is 0.131. The second-order valence-electron chi connectivity index (χ2n) is 10.6. The van der Waals surface area contributed by atoms with Gasteiger partial charge in [-0.3, -0.25) is 0 Å². The molecular formula is C35H34O4. The summed E-state index contributed by atoms with van der Waals surface area (Å²) >= 11 is 0. The van der Waals surface area contributed by atoms with E-state index in [1.807, 2.05) is 18.2 Å². The predicted octanol–water partition coefficient (Wildman–Crippen LogP) is 7.25. The van der Waals surface area contributed by atoms with E-state index in [2.05, 4.69) is 84.9 Å². The lowest BCUT2D eigenvalue weighted by Crippen LogP contribution is -2.39. The first-order valence-electron chi connectivity index (χ1n) is 13.9. The van der Waals surface area contributed by atoms with Crippen LogP contribution in [0, 0.1) is 0 Å². The molecule has 0 amide bonds. The number of benzene rings is 4. The van der Waals surface area contributed by atoms with Crippen LogP contribution in [-0.2, 0) is 22.6 Å². The summed E-state index contributed by atoms with van der Waals surface area (Å²) in [5, 5.41) is 0. The van der Waals surface area contributed by atoms with E-state index in [-0.39, 0.29) is 24.7 Å². The maximum Gasteiger partial charge on any atom is 0.145 e. The van der Waals surface area contributed by atoms with Gasteiger partial charge in [-0.2, -0.15) is 0 Å². The second-order valence-corrected chi connectivity index (χ2v) is 10.6. The van der Waals surface area contributed by atoms with Crippen LogP contribution in [0.15, 0.2) is 103 Å². The van der Waals surface area contributed by atoms with Crippen molar-refractivity contribution in [1.82, 2.24) is 0 Å². The summed E-state index contributed by atoms with van der Waals surface area (Å²) in [5.74, 6) is 2.48. The van der Waals surface area contributed by atoms with Gasteiger partial charge in [0.15, 0.2) is 0 Å². The van der Waals surface area contributed by atoms with Crippen molar-refractivity contribution in [2.24, 2.45) is 0 Å². The molecule has 2 aliphatic rings. The summed E-state index contributed by atoms with van der Waals surface area (Å²) in [5.41, 5.74) is 6.61. The molecule has 1 fully saturated rings. The van der Waals surface area contributed by atoms with Crippen molar-refractivity contribution in [1.29, 1.82) is 0 Å². The van der Waals surface area contributed by atoms with E-state index in [1.165, 1.54) is 27.8 Å². The highest BCUT2D eigenvalue weighted by Crippen LogP contribution is 2.47. The Morgan fingerprint density at radius 1 is 0.744 bits per heavy atom. The maximum absolute atomic E-state index is 10.5. The fourth-order valence-corrected chi connectivity index (χ4v) is 5.97. The molecule has 39 heavy (non-hydrogen) atoms. The Hall–Kier alpha value is -3.89. The Kier molecular flexibility index (Phi) is 7.73. The van der Waals surface area contributed by atoms with Crippen molar-refractivity contribution in [3.05, 3.63) is 131 Å². The molecule has 2 atom stereocenters. The molecule has 0 radical (unpaired) electrons. The minimum atomic E-state index is 0.131. The van der Waals surface area contributed by atoms with E-state index in [0.29, 0.717) is 12.5 Å². The summed E-state index contributed by atoms with van der Waals surface area (Å²) in [4.78, 5) is 10.5. The van der Waals surface area contributed by atoms with Crippen molar-refractivity contribution >= 4 is 6.29 Å². The molecule has 4 aromatic carbocycles. The molecule has 0 saturated heterocycles. The third-order valence-corrected chi connectivity index (χ3v) is 8.05. The highest BCUT2D eigenvalue weighted by molar-refractivity contribution is 5.50. The third-order valence-electron chi connectivity index (χ3n) is 8.05. The van der Waals surface area contributed by atoms with Crippen LogP contribution in [0.25, 0.3) is 0 Å². The van der Waals surface area contributed by atoms with Gasteiger partial charge in [0.2, 0.25) is 0 Å². The van der Waals surface area contributed by atoms with Gasteiger partial charge in [-0.25, -0.2) is 0 Å². The Labute approximate surface area is 230 Å². The quantitative estimate of drug-likeness (QED) is 0.207. The first-order valence-corrected chi connectivity index (χ1v) is 13.9. The van der Waals surface area contributed by atoms with Crippen LogP contribution in [-0.4, -0.2) is 25.1 Å². The van der Waals surface area contributed by atoms with E-state index in [1.54, 1.807) is 0 Å². The molecular weight excluding hydrogens is 484 g/mol. The summed E-state index contributed by atoms with van der Waals surface area (Å²) in [6, 6.07) is 36.5. The minimum Gasteiger partial charge on any atom is -0.490 e. The van der Waals surface area contributed by atoms with Gasteiger partial charge in [-0.05, 0) is 70.8 Å². The summed E-state index contributed by atoms with van der Waals surface area (Å²) in [6.45, 7) is 0.736. The summed E-state index contributed by atoms with van der Waals surface area (Å²) in [7, 11) is 0. The molecule has 198 valence electrons. The van der Waals surface area contributed by atoms with Crippen LogP contribution in [0.3, 0.4) is 0 Å². The number of carbonyl (C=O) groups excluding carboxylic acids is 1. The topological polar surface area (TPSA) is 44.8 Å². The van der Waals surface area contributed by atoms with E-state index in [0.717, 1.165) is 43.5 Å². The summed E-state index contributed by atoms with van der Waals surface area (Å²) in [6.07, 6.45) is 4.86. The fraction of sp³-hybridized carbons (Fsp3) is 0.286. The van der Waals surface area contributed by atoms with Crippen LogP contribution < -0.4 is 9.47 Å². The zero-order valence-corrected chi connectivity index (χ0v) is 22.1. The molecule has 0 aliphatic heterocycles. The number of carbonyl (C=O) groups is 1. The van der Waals surface area contributed by atoms with Crippen molar-refractivity contribution < 1.29 is 19.0 Å². The fourth-order valence-electron chi connectivity index (χ4n) is 5.97. The first kappa shape index (κ1) is 25.4. The zero-order valence-electron chi connectivity index (χ0n) is 22.1. The molecule has 0 N–H and O–H groups in total. The smallest absolute Gasteiger partial charge is 0.145 e. The van der Waals surface area contributed by atoms with Gasteiger partial charge >= 0.3 is 0 Å². The summed E-state index contributed by atoms with van der Waals surface area (Å²) < 4.78 is 17.8. The number of hydrogen-bond acceptors (Lipinski definition) is 4. The molecule has 0 heterocycles. The highest BCUT2D eigenvalue weighted by Gasteiger charge is 2.33. The molecule has 0 spiro atoms. The molecule has 0 unspecified atom stereocenters. The Morgan fingerprint density at radius 2 is 1.46 bits per heavy atom. The lowest BCUT2D eigenvalue weighted by Gasteiger charge is -2.36. The van der Waals surface area contributed by atoms with Crippen LogP contribution >= 0.6 is 0 Å². The van der Waals surface area contributed by atoms with Crippen LogP contribution in [0.4, 0.5) is 0 Å². The monoisotopic (exact) mass is 518 g/mol. The molecule has 6 rings (SSSR count). The molecule has 4 heteroatoms. The molecule has 2 aliphatic carbocycles. The van der Waals surface area contributed by atoms with Gasteiger partial charge in [0, 0.05) is 18.8 Å². The Bertz CT molecular complexity index is 1360. The van der Waals surface area contributed by atoms with Gasteiger partial charge in [-0.1, -0.05) is 78.9 Å². The Morgan fingerprint density at radius 3 is 2.21 bits per heavy atom. The normalized spacial score (nSPS) is 21.8. The lowest BCUT2D eigenvalue weighted by atomic mass is 9.69. The number of hydrogen-bond donors (Lipinski definition) is 0. The molecule has 0 bridgehead atoms. The highest BCUT2D eigenvalue weighted by atomic mass is 16.5. The molecule has 1 saturated carbocycles. The van der Waals surface area contributed by atoms with Crippen LogP contribution in [0.5, 0.6) is 11.5 Å². The van der Waals surface area contributed by atoms with Crippen molar-refractivity contribution in [3.8, 4) is 11.5 Å². The largest absolute Gasteiger partial charge is 0.490 e. The number of rotatable bonds is 10.